The van der Waals surface area contributed by atoms with E-state index in [1.54, 1.807) is 6.92 Å². The third kappa shape index (κ3) is 2.72. The van der Waals surface area contributed by atoms with Crippen LogP contribution in [0.2, 0.25) is 0 Å². The number of ether oxygens (including phenoxy) is 1. The summed E-state index contributed by atoms with van der Waals surface area (Å²) in [7, 11) is 0. The zero-order valence-corrected chi connectivity index (χ0v) is 11.1. The Kier molecular flexibility index (Phi) is 3.60. The SMILES string of the molecule is C=C(C)C(=O)OC12CCCC(CC(CC)C1)C2. The van der Waals surface area contributed by atoms with E-state index in [2.05, 4.69) is 13.5 Å². The Labute approximate surface area is 104 Å². The van der Waals surface area contributed by atoms with Crippen molar-refractivity contribution in [2.75, 3.05) is 0 Å². The minimum Gasteiger partial charge on any atom is -0.456 e. The van der Waals surface area contributed by atoms with Gasteiger partial charge in [0.15, 0.2) is 0 Å². The van der Waals surface area contributed by atoms with E-state index in [4.69, 9.17) is 4.74 Å². The molecule has 0 radical (unpaired) electrons. The lowest BCUT2D eigenvalue weighted by molar-refractivity contribution is -0.168. The van der Waals surface area contributed by atoms with E-state index in [1.165, 1.54) is 25.7 Å². The molecule has 2 fully saturated rings. The molecule has 0 saturated heterocycles. The molecule has 0 aromatic heterocycles. The van der Waals surface area contributed by atoms with Crippen LogP contribution in [0.4, 0.5) is 0 Å². The van der Waals surface area contributed by atoms with Crippen LogP contribution in [0, 0.1) is 11.8 Å². The van der Waals surface area contributed by atoms with Crippen LogP contribution < -0.4 is 0 Å². The molecule has 0 heterocycles. The van der Waals surface area contributed by atoms with Gasteiger partial charge >= 0.3 is 5.97 Å². The number of carbonyl (C=O) groups excluding carboxylic acids is 1. The Morgan fingerprint density at radius 2 is 2.24 bits per heavy atom. The molecule has 17 heavy (non-hydrogen) atoms. The number of rotatable bonds is 3. The van der Waals surface area contributed by atoms with Crippen molar-refractivity contribution in [2.45, 2.75) is 64.4 Å². The summed E-state index contributed by atoms with van der Waals surface area (Å²) < 4.78 is 5.80. The molecule has 2 aliphatic carbocycles. The van der Waals surface area contributed by atoms with Crippen LogP contribution in [0.3, 0.4) is 0 Å². The molecular weight excluding hydrogens is 212 g/mol. The van der Waals surface area contributed by atoms with Crippen molar-refractivity contribution in [2.24, 2.45) is 11.8 Å². The highest BCUT2D eigenvalue weighted by atomic mass is 16.6. The second-order valence-corrected chi connectivity index (χ2v) is 6.03. The van der Waals surface area contributed by atoms with Crippen LogP contribution in [0.25, 0.3) is 0 Å². The summed E-state index contributed by atoms with van der Waals surface area (Å²) in [5.41, 5.74) is 0.373. The molecule has 0 N–H and O–H groups in total. The van der Waals surface area contributed by atoms with E-state index >= 15 is 0 Å². The Morgan fingerprint density at radius 3 is 2.88 bits per heavy atom. The van der Waals surface area contributed by atoms with Crippen LogP contribution >= 0.6 is 0 Å². The predicted molar refractivity (Wildman–Crippen MR) is 68.6 cm³/mol. The van der Waals surface area contributed by atoms with Gasteiger partial charge in [-0.15, -0.1) is 0 Å². The highest BCUT2D eigenvalue weighted by Crippen LogP contribution is 2.48. The molecule has 0 amide bonds. The summed E-state index contributed by atoms with van der Waals surface area (Å²) >= 11 is 0. The van der Waals surface area contributed by atoms with Crippen molar-refractivity contribution in [3.8, 4) is 0 Å². The molecule has 0 aromatic rings. The van der Waals surface area contributed by atoms with Crippen LogP contribution in [0.1, 0.15) is 58.8 Å². The first-order valence-corrected chi connectivity index (χ1v) is 6.93. The van der Waals surface area contributed by atoms with Crippen molar-refractivity contribution >= 4 is 5.97 Å². The number of carbonyl (C=O) groups is 1. The van der Waals surface area contributed by atoms with Gasteiger partial charge in [0.05, 0.1) is 0 Å². The number of fused-ring (bicyclic) bond motifs is 2. The largest absolute Gasteiger partial charge is 0.456 e. The van der Waals surface area contributed by atoms with Gasteiger partial charge in [-0.25, -0.2) is 4.79 Å². The van der Waals surface area contributed by atoms with Gasteiger partial charge in [0.2, 0.25) is 0 Å². The lowest BCUT2D eigenvalue weighted by Gasteiger charge is -2.47. The lowest BCUT2D eigenvalue weighted by Crippen LogP contribution is -2.45. The molecule has 3 atom stereocenters. The fourth-order valence-electron chi connectivity index (χ4n) is 3.64. The van der Waals surface area contributed by atoms with Crippen molar-refractivity contribution < 1.29 is 9.53 Å². The smallest absolute Gasteiger partial charge is 0.333 e. The highest BCUT2D eigenvalue weighted by molar-refractivity contribution is 5.87. The normalized spacial score (nSPS) is 36.4. The fourth-order valence-corrected chi connectivity index (χ4v) is 3.64. The number of esters is 1. The van der Waals surface area contributed by atoms with Crippen molar-refractivity contribution in [1.82, 2.24) is 0 Å². The zero-order valence-electron chi connectivity index (χ0n) is 11.1. The first kappa shape index (κ1) is 12.7. The molecular formula is C15H24O2. The van der Waals surface area contributed by atoms with Gasteiger partial charge in [-0.2, -0.15) is 0 Å². The average Bonchev–Trinajstić information content (AvgIpc) is 2.27. The summed E-state index contributed by atoms with van der Waals surface area (Å²) in [5.74, 6) is 1.33. The third-order valence-corrected chi connectivity index (χ3v) is 4.47. The number of hydrogen-bond acceptors (Lipinski definition) is 2. The van der Waals surface area contributed by atoms with E-state index in [0.29, 0.717) is 5.57 Å². The molecule has 0 aromatic carbocycles. The molecule has 2 aliphatic rings. The first-order valence-electron chi connectivity index (χ1n) is 6.93. The molecule has 2 rings (SSSR count). The minimum absolute atomic E-state index is 0.155. The Bertz CT molecular complexity index is 321. The van der Waals surface area contributed by atoms with Crippen LogP contribution in [0.5, 0.6) is 0 Å². The van der Waals surface area contributed by atoms with Gasteiger partial charge in [-0.3, -0.25) is 0 Å². The lowest BCUT2D eigenvalue weighted by atomic mass is 9.64. The van der Waals surface area contributed by atoms with Crippen molar-refractivity contribution in [3.05, 3.63) is 12.2 Å². The topological polar surface area (TPSA) is 26.3 Å². The van der Waals surface area contributed by atoms with Crippen LogP contribution in [-0.4, -0.2) is 11.6 Å². The number of hydrogen-bond donors (Lipinski definition) is 0. The summed E-state index contributed by atoms with van der Waals surface area (Å²) in [4.78, 5) is 11.8. The van der Waals surface area contributed by atoms with E-state index < -0.39 is 0 Å². The van der Waals surface area contributed by atoms with E-state index in [0.717, 1.165) is 31.1 Å². The Morgan fingerprint density at radius 1 is 1.47 bits per heavy atom. The van der Waals surface area contributed by atoms with Gasteiger partial charge in [-0.1, -0.05) is 26.3 Å². The van der Waals surface area contributed by atoms with Gasteiger partial charge in [-0.05, 0) is 50.9 Å². The van der Waals surface area contributed by atoms with E-state index in [1.807, 2.05) is 0 Å². The van der Waals surface area contributed by atoms with E-state index in [9.17, 15) is 4.79 Å². The van der Waals surface area contributed by atoms with Gasteiger partial charge in [0, 0.05) is 5.57 Å². The Balaban J connectivity index is 2.10. The van der Waals surface area contributed by atoms with Crippen LogP contribution in [0.15, 0.2) is 12.2 Å². The maximum absolute atomic E-state index is 11.8. The monoisotopic (exact) mass is 236 g/mol. The standard InChI is InChI=1S/C15H24O2/c1-4-12-8-13-6-5-7-15(9-12,10-13)17-14(16)11(2)3/h12-13H,2,4-10H2,1,3H3. The highest BCUT2D eigenvalue weighted by Gasteiger charge is 2.45. The summed E-state index contributed by atoms with van der Waals surface area (Å²) in [6, 6.07) is 0. The first-order chi connectivity index (χ1) is 8.04. The predicted octanol–water partition coefficient (Wildman–Crippen LogP) is 3.85. The summed E-state index contributed by atoms with van der Waals surface area (Å²) in [6.45, 7) is 7.67. The zero-order chi connectivity index (χ0) is 12.5. The van der Waals surface area contributed by atoms with Gasteiger partial charge in [0.25, 0.3) is 0 Å². The minimum atomic E-state index is -0.192. The third-order valence-electron chi connectivity index (χ3n) is 4.47. The van der Waals surface area contributed by atoms with Gasteiger partial charge in [0.1, 0.15) is 5.60 Å². The molecule has 3 unspecified atom stereocenters. The van der Waals surface area contributed by atoms with E-state index in [-0.39, 0.29) is 11.6 Å². The van der Waals surface area contributed by atoms with Crippen molar-refractivity contribution in [1.29, 1.82) is 0 Å². The fraction of sp³-hybridized carbons (Fsp3) is 0.800. The molecule has 2 saturated carbocycles. The molecule has 0 aliphatic heterocycles. The second kappa shape index (κ2) is 4.83. The average molecular weight is 236 g/mol. The summed E-state index contributed by atoms with van der Waals surface area (Å²) in [6.07, 6.45) is 8.29. The van der Waals surface area contributed by atoms with Gasteiger partial charge < -0.3 is 4.74 Å². The summed E-state index contributed by atoms with van der Waals surface area (Å²) in [5, 5.41) is 0. The Hall–Kier alpha value is -0.790. The van der Waals surface area contributed by atoms with Crippen LogP contribution in [-0.2, 0) is 9.53 Å². The maximum atomic E-state index is 11.8. The van der Waals surface area contributed by atoms with Crippen molar-refractivity contribution in [3.63, 3.8) is 0 Å². The molecule has 2 bridgehead atoms. The molecule has 0 spiro atoms. The molecule has 2 heteroatoms. The molecule has 2 nitrogen and oxygen atoms in total. The second-order valence-electron chi connectivity index (χ2n) is 6.03. The molecule has 96 valence electrons. The quantitative estimate of drug-likeness (QED) is 0.549. The maximum Gasteiger partial charge on any atom is 0.333 e.